The van der Waals surface area contributed by atoms with E-state index in [1.165, 1.54) is 6.07 Å². The van der Waals surface area contributed by atoms with Crippen LogP contribution in [0.3, 0.4) is 0 Å². The van der Waals surface area contributed by atoms with Crippen molar-refractivity contribution in [2.45, 2.75) is 19.0 Å². The summed E-state index contributed by atoms with van der Waals surface area (Å²) in [5.41, 5.74) is -0.500. The first-order valence-corrected chi connectivity index (χ1v) is 9.13. The molecule has 150 valence electrons. The maximum Gasteiger partial charge on any atom is 0.416 e. The van der Waals surface area contributed by atoms with Crippen LogP contribution in [0, 0.1) is 0 Å². The molecule has 5 nitrogen and oxygen atoms in total. The van der Waals surface area contributed by atoms with Gasteiger partial charge in [-0.15, -0.1) is 0 Å². The van der Waals surface area contributed by atoms with Gasteiger partial charge in [0.15, 0.2) is 11.2 Å². The number of para-hydroxylation sites is 1. The van der Waals surface area contributed by atoms with Crippen molar-refractivity contribution >= 4 is 28.3 Å². The van der Waals surface area contributed by atoms with Crippen LogP contribution in [0.2, 0.25) is 0 Å². The number of halogens is 3. The van der Waals surface area contributed by atoms with Crippen LogP contribution in [0.5, 0.6) is 0 Å². The SMILES string of the molecule is O=C(Nc1cc(C(F)(F)F)ccc1N1CCCC1)c1cc(=O)c2ccccc2o1. The molecule has 0 bridgehead atoms. The van der Waals surface area contributed by atoms with Gasteiger partial charge in [-0.2, -0.15) is 13.2 Å². The first kappa shape index (κ1) is 19.0. The Morgan fingerprint density at radius 2 is 1.76 bits per heavy atom. The molecule has 3 aromatic rings. The van der Waals surface area contributed by atoms with Gasteiger partial charge in [-0.3, -0.25) is 9.59 Å². The van der Waals surface area contributed by atoms with E-state index >= 15 is 0 Å². The number of benzene rings is 2. The number of carbonyl (C=O) groups is 1. The summed E-state index contributed by atoms with van der Waals surface area (Å²) in [4.78, 5) is 26.8. The second kappa shape index (κ2) is 7.27. The Balaban J connectivity index is 1.72. The molecule has 0 radical (unpaired) electrons. The van der Waals surface area contributed by atoms with E-state index in [0.29, 0.717) is 24.2 Å². The van der Waals surface area contributed by atoms with Crippen LogP contribution < -0.4 is 15.6 Å². The Kier molecular flexibility index (Phi) is 4.77. The minimum atomic E-state index is -4.54. The lowest BCUT2D eigenvalue weighted by molar-refractivity contribution is -0.137. The summed E-state index contributed by atoms with van der Waals surface area (Å²) in [5.74, 6) is -1.05. The van der Waals surface area contributed by atoms with Gasteiger partial charge in [0.05, 0.1) is 22.3 Å². The van der Waals surface area contributed by atoms with Crippen molar-refractivity contribution in [1.29, 1.82) is 0 Å². The van der Waals surface area contributed by atoms with E-state index < -0.39 is 23.1 Å². The summed E-state index contributed by atoms with van der Waals surface area (Å²) < 4.78 is 45.0. The molecule has 4 rings (SSSR count). The highest BCUT2D eigenvalue weighted by molar-refractivity contribution is 6.04. The molecule has 2 heterocycles. The van der Waals surface area contributed by atoms with Crippen LogP contribution in [-0.2, 0) is 6.18 Å². The Hall–Kier alpha value is -3.29. The molecule has 0 aliphatic carbocycles. The summed E-state index contributed by atoms with van der Waals surface area (Å²) in [6, 6.07) is 10.8. The number of amides is 1. The van der Waals surface area contributed by atoms with Crippen LogP contribution in [0.4, 0.5) is 24.5 Å². The van der Waals surface area contributed by atoms with Crippen molar-refractivity contribution in [3.63, 3.8) is 0 Å². The Morgan fingerprint density at radius 1 is 1.03 bits per heavy atom. The Labute approximate surface area is 163 Å². The quantitative estimate of drug-likeness (QED) is 0.692. The molecule has 1 saturated heterocycles. The van der Waals surface area contributed by atoms with Crippen molar-refractivity contribution in [3.05, 3.63) is 70.1 Å². The van der Waals surface area contributed by atoms with Gasteiger partial charge >= 0.3 is 6.18 Å². The van der Waals surface area contributed by atoms with Crippen molar-refractivity contribution in [2.75, 3.05) is 23.3 Å². The average molecular weight is 402 g/mol. The van der Waals surface area contributed by atoms with Gasteiger partial charge in [0.1, 0.15) is 5.58 Å². The second-order valence-corrected chi connectivity index (χ2v) is 6.85. The minimum absolute atomic E-state index is 0.0301. The van der Waals surface area contributed by atoms with E-state index in [4.69, 9.17) is 4.42 Å². The zero-order valence-corrected chi connectivity index (χ0v) is 15.3. The highest BCUT2D eigenvalue weighted by Gasteiger charge is 2.32. The Morgan fingerprint density at radius 3 is 2.48 bits per heavy atom. The van der Waals surface area contributed by atoms with Crippen LogP contribution in [0.15, 0.2) is 57.7 Å². The van der Waals surface area contributed by atoms with E-state index in [0.717, 1.165) is 31.0 Å². The number of anilines is 2. The predicted molar refractivity (Wildman–Crippen MR) is 103 cm³/mol. The van der Waals surface area contributed by atoms with Crippen LogP contribution in [-0.4, -0.2) is 19.0 Å². The molecule has 2 aromatic carbocycles. The molecule has 1 fully saturated rings. The molecule has 0 saturated carbocycles. The number of nitrogens with one attached hydrogen (secondary N) is 1. The van der Waals surface area contributed by atoms with Crippen molar-refractivity contribution in [1.82, 2.24) is 0 Å². The third-order valence-electron chi connectivity index (χ3n) is 4.88. The molecule has 1 aromatic heterocycles. The van der Waals surface area contributed by atoms with Gasteiger partial charge in [0, 0.05) is 19.2 Å². The zero-order valence-electron chi connectivity index (χ0n) is 15.3. The number of nitrogens with zero attached hydrogens (tertiary/aromatic N) is 1. The van der Waals surface area contributed by atoms with Gasteiger partial charge < -0.3 is 14.6 Å². The fraction of sp³-hybridized carbons (Fsp3) is 0.238. The summed E-state index contributed by atoms with van der Waals surface area (Å²) in [5, 5.41) is 2.82. The molecule has 1 aliphatic rings. The smallest absolute Gasteiger partial charge is 0.416 e. The largest absolute Gasteiger partial charge is 0.451 e. The van der Waals surface area contributed by atoms with Crippen molar-refractivity contribution in [2.24, 2.45) is 0 Å². The molecule has 0 spiro atoms. The van der Waals surface area contributed by atoms with E-state index in [9.17, 15) is 22.8 Å². The monoisotopic (exact) mass is 402 g/mol. The van der Waals surface area contributed by atoms with Crippen molar-refractivity contribution in [3.8, 4) is 0 Å². The highest BCUT2D eigenvalue weighted by Crippen LogP contribution is 2.36. The number of alkyl halides is 3. The predicted octanol–water partition coefficient (Wildman–Crippen LogP) is 4.66. The van der Waals surface area contributed by atoms with E-state index in [1.54, 1.807) is 24.3 Å². The minimum Gasteiger partial charge on any atom is -0.451 e. The number of rotatable bonds is 3. The maximum atomic E-state index is 13.2. The van der Waals surface area contributed by atoms with E-state index in [2.05, 4.69) is 5.32 Å². The fourth-order valence-corrected chi connectivity index (χ4v) is 3.45. The van der Waals surface area contributed by atoms with E-state index in [1.807, 2.05) is 4.90 Å². The first-order chi connectivity index (χ1) is 13.8. The molecule has 8 heteroatoms. The number of carbonyl (C=O) groups excluding carboxylic acids is 1. The third-order valence-corrected chi connectivity index (χ3v) is 4.88. The number of hydrogen-bond acceptors (Lipinski definition) is 4. The summed E-state index contributed by atoms with van der Waals surface area (Å²) in [6.07, 6.45) is -2.69. The second-order valence-electron chi connectivity index (χ2n) is 6.85. The lowest BCUT2D eigenvalue weighted by Gasteiger charge is -2.22. The molecule has 0 atom stereocenters. The van der Waals surface area contributed by atoms with Crippen LogP contribution in [0.25, 0.3) is 11.0 Å². The topological polar surface area (TPSA) is 62.6 Å². The molecule has 1 N–H and O–H groups in total. The fourth-order valence-electron chi connectivity index (χ4n) is 3.45. The normalized spacial score (nSPS) is 14.4. The first-order valence-electron chi connectivity index (χ1n) is 9.13. The molecular weight excluding hydrogens is 385 g/mol. The molecule has 29 heavy (non-hydrogen) atoms. The van der Waals surface area contributed by atoms with Crippen LogP contribution in [0.1, 0.15) is 29.0 Å². The Bertz CT molecular complexity index is 1130. The van der Waals surface area contributed by atoms with Crippen molar-refractivity contribution < 1.29 is 22.4 Å². The van der Waals surface area contributed by atoms with Gasteiger partial charge in [0.2, 0.25) is 0 Å². The van der Waals surface area contributed by atoms with E-state index in [-0.39, 0.29) is 17.0 Å². The van der Waals surface area contributed by atoms with Gasteiger partial charge in [-0.25, -0.2) is 0 Å². The summed E-state index contributed by atoms with van der Waals surface area (Å²) in [7, 11) is 0. The number of fused-ring (bicyclic) bond motifs is 1. The highest BCUT2D eigenvalue weighted by atomic mass is 19.4. The lowest BCUT2D eigenvalue weighted by Crippen LogP contribution is -2.22. The van der Waals surface area contributed by atoms with Gasteiger partial charge in [-0.05, 0) is 43.2 Å². The lowest BCUT2D eigenvalue weighted by atomic mass is 10.1. The molecular formula is C21H17F3N2O3. The van der Waals surface area contributed by atoms with Gasteiger partial charge in [0.25, 0.3) is 5.91 Å². The molecule has 1 aliphatic heterocycles. The van der Waals surface area contributed by atoms with Crippen LogP contribution >= 0.6 is 0 Å². The molecule has 0 unspecified atom stereocenters. The molecule has 1 amide bonds. The zero-order chi connectivity index (χ0) is 20.6. The number of hydrogen-bond donors (Lipinski definition) is 1. The summed E-state index contributed by atoms with van der Waals surface area (Å²) in [6.45, 7) is 1.39. The maximum absolute atomic E-state index is 13.2. The van der Waals surface area contributed by atoms with Gasteiger partial charge in [-0.1, -0.05) is 12.1 Å². The standard InChI is InChI=1S/C21H17F3N2O3/c22-21(23,24)13-7-8-16(26-9-3-4-10-26)15(11-13)25-20(28)19-12-17(27)14-5-1-2-6-18(14)29-19/h1-2,5-8,11-12H,3-4,9-10H2,(H,25,28). The third kappa shape index (κ3) is 3.83. The average Bonchev–Trinajstić information content (AvgIpc) is 3.22. The summed E-state index contributed by atoms with van der Waals surface area (Å²) >= 11 is 0.